The normalized spacial score (nSPS) is 10.5. The number of aromatic nitrogens is 4. The van der Waals surface area contributed by atoms with Crippen molar-refractivity contribution in [3.63, 3.8) is 0 Å². The van der Waals surface area contributed by atoms with Crippen molar-refractivity contribution in [1.29, 1.82) is 0 Å². The number of nitrogens with zero attached hydrogens (tertiary/aromatic N) is 4. The van der Waals surface area contributed by atoms with Crippen molar-refractivity contribution in [2.24, 2.45) is 0 Å². The molecule has 3 aromatic rings. The molecule has 0 aliphatic heterocycles. The minimum absolute atomic E-state index is 0.0176. The number of benzene rings is 1. The zero-order chi connectivity index (χ0) is 14.8. The second-order valence-electron chi connectivity index (χ2n) is 4.23. The Bertz CT molecular complexity index is 802. The second kappa shape index (κ2) is 5.34. The average molecular weight is 301 g/mol. The van der Waals surface area contributed by atoms with Crippen molar-refractivity contribution in [3.05, 3.63) is 59.4 Å². The Balaban J connectivity index is 2.01. The number of hydrogen-bond donors (Lipinski definition) is 1. The van der Waals surface area contributed by atoms with Crippen LogP contribution in [-0.4, -0.2) is 31.1 Å². The third-order valence-electron chi connectivity index (χ3n) is 2.87. The highest BCUT2D eigenvalue weighted by Crippen LogP contribution is 2.21. The van der Waals surface area contributed by atoms with Crippen LogP contribution >= 0.6 is 11.6 Å². The van der Waals surface area contributed by atoms with Crippen LogP contribution in [0.2, 0.25) is 5.02 Å². The molecule has 6 nitrogen and oxygen atoms in total. The maximum Gasteiger partial charge on any atom is 0.337 e. The first kappa shape index (κ1) is 13.3. The predicted molar refractivity (Wildman–Crippen MR) is 76.6 cm³/mol. The lowest BCUT2D eigenvalue weighted by Gasteiger charge is -2.03. The number of rotatable bonds is 3. The molecule has 2 aromatic heterocycles. The first-order valence-electron chi connectivity index (χ1n) is 6.02. The van der Waals surface area contributed by atoms with Gasteiger partial charge in [-0.05, 0) is 30.3 Å². The summed E-state index contributed by atoms with van der Waals surface area (Å²) < 4.78 is 1.48. The molecule has 104 valence electrons. The van der Waals surface area contributed by atoms with Crippen LogP contribution in [0.4, 0.5) is 0 Å². The summed E-state index contributed by atoms with van der Waals surface area (Å²) in [5.41, 5.74) is 1.87. The molecule has 0 unspecified atom stereocenters. The highest BCUT2D eigenvalue weighted by Gasteiger charge is 2.12. The lowest BCUT2D eigenvalue weighted by Crippen LogP contribution is -2.01. The Morgan fingerprint density at radius 2 is 2.05 bits per heavy atom. The molecule has 21 heavy (non-hydrogen) atoms. The molecule has 0 aliphatic carbocycles. The van der Waals surface area contributed by atoms with E-state index < -0.39 is 5.97 Å². The Kier molecular flexibility index (Phi) is 3.37. The molecule has 1 aromatic carbocycles. The van der Waals surface area contributed by atoms with Crippen LogP contribution in [0, 0.1) is 0 Å². The molecule has 0 aliphatic rings. The van der Waals surface area contributed by atoms with E-state index in [2.05, 4.69) is 15.3 Å². The topological polar surface area (TPSA) is 80.9 Å². The van der Waals surface area contributed by atoms with E-state index in [1.54, 1.807) is 18.5 Å². The van der Waals surface area contributed by atoms with Crippen LogP contribution in [0.25, 0.3) is 17.1 Å². The van der Waals surface area contributed by atoms with Crippen molar-refractivity contribution in [2.75, 3.05) is 0 Å². The van der Waals surface area contributed by atoms with E-state index >= 15 is 0 Å². The van der Waals surface area contributed by atoms with E-state index in [4.69, 9.17) is 16.7 Å². The van der Waals surface area contributed by atoms with Crippen LogP contribution in [0.5, 0.6) is 0 Å². The van der Waals surface area contributed by atoms with Crippen molar-refractivity contribution < 1.29 is 9.90 Å². The van der Waals surface area contributed by atoms with Crippen molar-refractivity contribution >= 4 is 17.6 Å². The van der Waals surface area contributed by atoms with E-state index in [-0.39, 0.29) is 10.6 Å². The van der Waals surface area contributed by atoms with Gasteiger partial charge in [0.1, 0.15) is 5.69 Å². The lowest BCUT2D eigenvalue weighted by molar-refractivity contribution is 0.0697. The van der Waals surface area contributed by atoms with E-state index in [0.29, 0.717) is 17.1 Å². The number of pyridine rings is 1. The van der Waals surface area contributed by atoms with Crippen molar-refractivity contribution in [2.45, 2.75) is 0 Å². The molecule has 1 N–H and O–H groups in total. The van der Waals surface area contributed by atoms with Crippen LogP contribution in [0.3, 0.4) is 0 Å². The highest BCUT2D eigenvalue weighted by atomic mass is 35.5. The molecule has 0 bridgehead atoms. The van der Waals surface area contributed by atoms with Gasteiger partial charge in [0.25, 0.3) is 0 Å². The molecule has 0 saturated heterocycles. The number of aromatic carboxylic acids is 1. The van der Waals surface area contributed by atoms with Gasteiger partial charge in [0.2, 0.25) is 0 Å². The second-order valence-corrected chi connectivity index (χ2v) is 4.64. The predicted octanol–water partition coefficient (Wildman–Crippen LogP) is 2.68. The number of halogens is 1. The van der Waals surface area contributed by atoms with Gasteiger partial charge >= 0.3 is 5.97 Å². The van der Waals surface area contributed by atoms with Gasteiger partial charge in [-0.1, -0.05) is 22.9 Å². The van der Waals surface area contributed by atoms with Gasteiger partial charge in [-0.15, -0.1) is 5.10 Å². The summed E-state index contributed by atoms with van der Waals surface area (Å²) in [4.78, 5) is 15.3. The molecular formula is C14H9ClN4O2. The molecule has 0 amide bonds. The standard InChI is InChI=1S/C14H9ClN4O2/c15-11-5-4-9(7-10(11)14(20)21)19-8-13(17-18-19)12-3-1-2-6-16-12/h1-8H,(H,20,21). The summed E-state index contributed by atoms with van der Waals surface area (Å²) in [7, 11) is 0. The molecule has 0 saturated carbocycles. The molecule has 7 heteroatoms. The summed E-state index contributed by atoms with van der Waals surface area (Å²) in [6.07, 6.45) is 3.34. The molecule has 0 atom stereocenters. The van der Waals surface area contributed by atoms with Gasteiger partial charge in [-0.2, -0.15) is 0 Å². The summed E-state index contributed by atoms with van der Waals surface area (Å²) in [5, 5.41) is 17.3. The maximum absolute atomic E-state index is 11.1. The summed E-state index contributed by atoms with van der Waals surface area (Å²) in [6.45, 7) is 0. The largest absolute Gasteiger partial charge is 0.478 e. The monoisotopic (exact) mass is 300 g/mol. The number of carbonyl (C=O) groups is 1. The summed E-state index contributed by atoms with van der Waals surface area (Å²) in [5.74, 6) is -1.09. The molecule has 0 spiro atoms. The SMILES string of the molecule is O=C(O)c1cc(-n2cc(-c3ccccn3)nn2)ccc1Cl. The minimum atomic E-state index is -1.09. The van der Waals surface area contributed by atoms with Crippen LogP contribution in [0.1, 0.15) is 10.4 Å². The van der Waals surface area contributed by atoms with Gasteiger partial charge < -0.3 is 5.11 Å². The third-order valence-corrected chi connectivity index (χ3v) is 3.20. The van der Waals surface area contributed by atoms with Gasteiger partial charge in [0.15, 0.2) is 0 Å². The summed E-state index contributed by atoms with van der Waals surface area (Å²) >= 11 is 5.84. The number of carboxylic acids is 1. The fraction of sp³-hybridized carbons (Fsp3) is 0. The van der Waals surface area contributed by atoms with Gasteiger partial charge in [-0.25, -0.2) is 9.48 Å². The van der Waals surface area contributed by atoms with E-state index in [1.165, 1.54) is 16.8 Å². The minimum Gasteiger partial charge on any atom is -0.478 e. The molecule has 3 rings (SSSR count). The zero-order valence-corrected chi connectivity index (χ0v) is 11.4. The van der Waals surface area contributed by atoms with Crippen molar-refractivity contribution in [1.82, 2.24) is 20.0 Å². The molecule has 0 radical (unpaired) electrons. The summed E-state index contributed by atoms with van der Waals surface area (Å²) in [6, 6.07) is 10.1. The average Bonchev–Trinajstić information content (AvgIpc) is 2.98. The van der Waals surface area contributed by atoms with Crippen LogP contribution in [0.15, 0.2) is 48.8 Å². The Labute approximate surface area is 124 Å². The molecule has 2 heterocycles. The number of carboxylic acid groups (broad SMARTS) is 1. The number of hydrogen-bond acceptors (Lipinski definition) is 4. The van der Waals surface area contributed by atoms with Crippen LogP contribution < -0.4 is 0 Å². The Morgan fingerprint density at radius 1 is 1.19 bits per heavy atom. The maximum atomic E-state index is 11.1. The third kappa shape index (κ3) is 2.61. The molecular weight excluding hydrogens is 292 g/mol. The quantitative estimate of drug-likeness (QED) is 0.804. The van der Waals surface area contributed by atoms with Crippen LogP contribution in [-0.2, 0) is 0 Å². The Hall–Kier alpha value is -2.73. The van der Waals surface area contributed by atoms with E-state index in [9.17, 15) is 4.79 Å². The van der Waals surface area contributed by atoms with E-state index in [0.717, 1.165) is 0 Å². The fourth-order valence-electron chi connectivity index (χ4n) is 1.84. The van der Waals surface area contributed by atoms with Gasteiger partial charge in [0, 0.05) is 6.20 Å². The lowest BCUT2D eigenvalue weighted by atomic mass is 10.2. The Morgan fingerprint density at radius 3 is 2.76 bits per heavy atom. The first-order valence-corrected chi connectivity index (χ1v) is 6.40. The highest BCUT2D eigenvalue weighted by molar-refractivity contribution is 6.33. The first-order chi connectivity index (χ1) is 10.1. The molecule has 0 fully saturated rings. The zero-order valence-electron chi connectivity index (χ0n) is 10.6. The van der Waals surface area contributed by atoms with Gasteiger partial charge in [-0.3, -0.25) is 4.98 Å². The van der Waals surface area contributed by atoms with E-state index in [1.807, 2.05) is 18.2 Å². The van der Waals surface area contributed by atoms with Crippen molar-refractivity contribution in [3.8, 4) is 17.1 Å². The van der Waals surface area contributed by atoms with Gasteiger partial charge in [0.05, 0.1) is 28.2 Å². The fourth-order valence-corrected chi connectivity index (χ4v) is 2.04. The smallest absolute Gasteiger partial charge is 0.337 e.